The van der Waals surface area contributed by atoms with Gasteiger partial charge in [0.05, 0.1) is 11.5 Å². The van der Waals surface area contributed by atoms with Gasteiger partial charge in [-0.2, -0.15) is 0 Å². The second kappa shape index (κ2) is 4.97. The van der Waals surface area contributed by atoms with E-state index in [0.29, 0.717) is 19.4 Å². The van der Waals surface area contributed by atoms with Gasteiger partial charge in [-0.05, 0) is 25.2 Å². The molecule has 0 aliphatic carbocycles. The van der Waals surface area contributed by atoms with Crippen LogP contribution in [0.15, 0.2) is 0 Å². The Morgan fingerprint density at radius 3 is 2.43 bits per heavy atom. The lowest BCUT2D eigenvalue weighted by Gasteiger charge is -2.46. The summed E-state index contributed by atoms with van der Waals surface area (Å²) in [6, 6.07) is -1.21. The van der Waals surface area contributed by atoms with E-state index in [4.69, 9.17) is 0 Å². The van der Waals surface area contributed by atoms with Crippen LogP contribution in [0.3, 0.4) is 0 Å². The van der Waals surface area contributed by atoms with Gasteiger partial charge in [-0.1, -0.05) is 13.8 Å². The van der Waals surface area contributed by atoms with E-state index in [1.807, 2.05) is 13.8 Å². The molecule has 6 nitrogen and oxygen atoms in total. The number of hydrogen-bond donors (Lipinski definition) is 0. The Balaban J connectivity index is 1.95. The molecule has 118 valence electrons. The van der Waals surface area contributed by atoms with E-state index in [-0.39, 0.29) is 41.3 Å². The third kappa shape index (κ3) is 2.35. The van der Waals surface area contributed by atoms with Crippen molar-refractivity contribution in [3.8, 4) is 0 Å². The van der Waals surface area contributed by atoms with Gasteiger partial charge in [-0.25, -0.2) is 8.42 Å². The van der Waals surface area contributed by atoms with Crippen LogP contribution in [-0.4, -0.2) is 66.2 Å². The molecule has 3 rings (SSSR count). The average Bonchev–Trinajstić information content (AvgIpc) is 2.99. The maximum atomic E-state index is 12.8. The van der Waals surface area contributed by atoms with Gasteiger partial charge in [-0.15, -0.1) is 0 Å². The van der Waals surface area contributed by atoms with Crippen LogP contribution in [0.4, 0.5) is 0 Å². The molecule has 0 aromatic rings. The van der Waals surface area contributed by atoms with Gasteiger partial charge >= 0.3 is 0 Å². The van der Waals surface area contributed by atoms with Crippen LogP contribution in [0.25, 0.3) is 0 Å². The summed E-state index contributed by atoms with van der Waals surface area (Å²) >= 11 is 0. The van der Waals surface area contributed by atoms with E-state index in [2.05, 4.69) is 0 Å². The van der Waals surface area contributed by atoms with Crippen molar-refractivity contribution in [2.45, 2.75) is 51.2 Å². The summed E-state index contributed by atoms with van der Waals surface area (Å²) in [5.41, 5.74) is 0. The second-order valence-corrected chi connectivity index (χ2v) is 8.91. The minimum atomic E-state index is -3.08. The largest absolute Gasteiger partial charge is 0.329 e. The molecule has 3 aliphatic rings. The van der Waals surface area contributed by atoms with Gasteiger partial charge in [0.2, 0.25) is 11.8 Å². The first-order valence-electron chi connectivity index (χ1n) is 7.65. The van der Waals surface area contributed by atoms with Crippen LogP contribution in [0.5, 0.6) is 0 Å². The summed E-state index contributed by atoms with van der Waals surface area (Å²) < 4.78 is 23.5. The van der Waals surface area contributed by atoms with Gasteiger partial charge in [0, 0.05) is 12.6 Å². The van der Waals surface area contributed by atoms with Crippen molar-refractivity contribution in [1.82, 2.24) is 9.80 Å². The maximum absolute atomic E-state index is 12.8. The second-order valence-electron chi connectivity index (χ2n) is 6.68. The molecule has 3 atom stereocenters. The number of hydrogen-bond acceptors (Lipinski definition) is 4. The fraction of sp³-hybridized carbons (Fsp3) is 0.857. The minimum absolute atomic E-state index is 0.00194. The van der Waals surface area contributed by atoms with E-state index >= 15 is 0 Å². The van der Waals surface area contributed by atoms with Gasteiger partial charge in [0.15, 0.2) is 9.84 Å². The van der Waals surface area contributed by atoms with Crippen molar-refractivity contribution < 1.29 is 18.0 Å². The topological polar surface area (TPSA) is 74.8 Å². The van der Waals surface area contributed by atoms with Gasteiger partial charge in [0.1, 0.15) is 12.1 Å². The number of fused-ring (bicyclic) bond motifs is 1. The highest BCUT2D eigenvalue weighted by Crippen LogP contribution is 2.33. The third-order valence-electron chi connectivity index (χ3n) is 4.86. The van der Waals surface area contributed by atoms with Crippen molar-refractivity contribution >= 4 is 21.7 Å². The quantitative estimate of drug-likeness (QED) is 0.721. The van der Waals surface area contributed by atoms with E-state index < -0.39 is 15.9 Å². The van der Waals surface area contributed by atoms with Crippen molar-refractivity contribution in [3.05, 3.63) is 0 Å². The summed E-state index contributed by atoms with van der Waals surface area (Å²) in [4.78, 5) is 28.8. The zero-order chi connectivity index (χ0) is 15.4. The minimum Gasteiger partial charge on any atom is -0.329 e. The van der Waals surface area contributed by atoms with Gasteiger partial charge in [-0.3, -0.25) is 9.59 Å². The van der Waals surface area contributed by atoms with Gasteiger partial charge < -0.3 is 9.80 Å². The summed E-state index contributed by atoms with van der Waals surface area (Å²) in [7, 11) is -3.08. The number of nitrogens with zero attached hydrogens (tertiary/aromatic N) is 2. The molecule has 0 saturated carbocycles. The Bertz CT molecular complexity index is 572. The van der Waals surface area contributed by atoms with E-state index in [1.54, 1.807) is 9.80 Å². The summed E-state index contributed by atoms with van der Waals surface area (Å²) in [5, 5.41) is 0. The Hall–Kier alpha value is -1.11. The Labute approximate surface area is 125 Å². The molecule has 0 bridgehead atoms. The molecular weight excluding hydrogens is 292 g/mol. The van der Waals surface area contributed by atoms with Crippen molar-refractivity contribution in [2.75, 3.05) is 18.1 Å². The lowest BCUT2D eigenvalue weighted by atomic mass is 9.94. The molecule has 21 heavy (non-hydrogen) atoms. The molecule has 0 N–H and O–H groups in total. The Kier molecular flexibility index (Phi) is 3.50. The number of carbonyl (C=O) groups excluding carboxylic acids is 2. The molecule has 0 aromatic heterocycles. The molecule has 3 aliphatic heterocycles. The SMILES string of the molecule is CC(C)C1C(=O)N2CCCC2C(=O)N1C1CCS(=O)(=O)C1. The zero-order valence-electron chi connectivity index (χ0n) is 12.5. The van der Waals surface area contributed by atoms with Crippen LogP contribution in [0, 0.1) is 5.92 Å². The Morgan fingerprint density at radius 2 is 1.86 bits per heavy atom. The van der Waals surface area contributed by atoms with E-state index in [1.165, 1.54) is 0 Å². The predicted molar refractivity (Wildman–Crippen MR) is 77.3 cm³/mol. The number of amides is 2. The van der Waals surface area contributed by atoms with Crippen molar-refractivity contribution in [2.24, 2.45) is 5.92 Å². The van der Waals surface area contributed by atoms with Crippen LogP contribution >= 0.6 is 0 Å². The third-order valence-corrected chi connectivity index (χ3v) is 6.61. The lowest BCUT2D eigenvalue weighted by Crippen LogP contribution is -2.66. The normalized spacial score (nSPS) is 35.7. The van der Waals surface area contributed by atoms with Gasteiger partial charge in [0.25, 0.3) is 0 Å². The number of carbonyl (C=O) groups is 2. The zero-order valence-corrected chi connectivity index (χ0v) is 13.3. The smallest absolute Gasteiger partial charge is 0.246 e. The molecule has 0 aromatic carbocycles. The standard InChI is InChI=1S/C14H22N2O4S/c1-9(2)12-14(18)15-6-3-4-11(15)13(17)16(12)10-5-7-21(19,20)8-10/h9-12H,3-8H2,1-2H3. The average molecular weight is 314 g/mol. The first kappa shape index (κ1) is 14.8. The maximum Gasteiger partial charge on any atom is 0.246 e. The van der Waals surface area contributed by atoms with Crippen molar-refractivity contribution in [1.29, 1.82) is 0 Å². The number of rotatable bonds is 2. The van der Waals surface area contributed by atoms with Crippen molar-refractivity contribution in [3.63, 3.8) is 0 Å². The summed E-state index contributed by atoms with van der Waals surface area (Å²) in [6.07, 6.45) is 2.01. The molecule has 3 fully saturated rings. The molecule has 3 saturated heterocycles. The highest BCUT2D eigenvalue weighted by atomic mass is 32.2. The monoisotopic (exact) mass is 314 g/mol. The number of sulfone groups is 1. The fourth-order valence-electron chi connectivity index (χ4n) is 3.89. The molecule has 3 heterocycles. The van der Waals surface area contributed by atoms with Crippen LogP contribution < -0.4 is 0 Å². The molecule has 2 amide bonds. The summed E-state index contributed by atoms with van der Waals surface area (Å²) in [5.74, 6) is 0.0622. The van der Waals surface area contributed by atoms with Crippen LogP contribution in [-0.2, 0) is 19.4 Å². The highest BCUT2D eigenvalue weighted by molar-refractivity contribution is 7.91. The van der Waals surface area contributed by atoms with E-state index in [9.17, 15) is 18.0 Å². The number of piperazine rings is 1. The predicted octanol–water partition coefficient (Wildman–Crippen LogP) is 0.0313. The van der Waals surface area contributed by atoms with Crippen LogP contribution in [0.2, 0.25) is 0 Å². The fourth-order valence-corrected chi connectivity index (χ4v) is 5.60. The molecular formula is C14H22N2O4S. The first-order valence-corrected chi connectivity index (χ1v) is 9.47. The van der Waals surface area contributed by atoms with Crippen LogP contribution in [0.1, 0.15) is 33.1 Å². The first-order chi connectivity index (χ1) is 9.82. The Morgan fingerprint density at radius 1 is 1.14 bits per heavy atom. The molecule has 0 spiro atoms. The van der Waals surface area contributed by atoms with E-state index in [0.717, 1.165) is 6.42 Å². The summed E-state index contributed by atoms with van der Waals surface area (Å²) in [6.45, 7) is 4.49. The molecule has 0 radical (unpaired) electrons. The lowest BCUT2D eigenvalue weighted by molar-refractivity contribution is -0.163. The molecule has 7 heteroatoms. The molecule has 3 unspecified atom stereocenters. The highest BCUT2D eigenvalue weighted by Gasteiger charge is 2.52.